The lowest BCUT2D eigenvalue weighted by molar-refractivity contribution is -0.143. The average Bonchev–Trinajstić information content (AvgIpc) is 3.06. The number of anilines is 1. The fourth-order valence-corrected chi connectivity index (χ4v) is 7.60. The molecule has 5 rings (SSSR count). The molecule has 3 saturated heterocycles. The fourth-order valence-electron chi connectivity index (χ4n) is 7.36. The molecule has 2 aromatic rings. The molecule has 2 aromatic carbocycles. The van der Waals surface area contributed by atoms with Crippen LogP contribution in [0.3, 0.4) is 0 Å². The Morgan fingerprint density at radius 3 is 2.28 bits per heavy atom. The van der Waals surface area contributed by atoms with Gasteiger partial charge in [-0.3, -0.25) is 9.59 Å². The molecule has 3 heterocycles. The summed E-state index contributed by atoms with van der Waals surface area (Å²) in [5.41, 5.74) is 6.84. The zero-order valence-corrected chi connectivity index (χ0v) is 27.7. The molecule has 0 aliphatic carbocycles. The van der Waals surface area contributed by atoms with Crippen molar-refractivity contribution in [3.05, 3.63) is 58.1 Å². The van der Waals surface area contributed by atoms with Crippen LogP contribution < -0.4 is 11.1 Å². The molecule has 8 nitrogen and oxygen atoms in total. The summed E-state index contributed by atoms with van der Waals surface area (Å²) in [5, 5.41) is 13.1. The van der Waals surface area contributed by atoms with Crippen molar-refractivity contribution in [2.45, 2.75) is 82.5 Å². The van der Waals surface area contributed by atoms with Gasteiger partial charge in [-0.15, -0.1) is 0 Å². The Morgan fingerprint density at radius 1 is 0.957 bits per heavy atom. The lowest BCUT2D eigenvalue weighted by Gasteiger charge is -2.41. The predicted molar refractivity (Wildman–Crippen MR) is 177 cm³/mol. The minimum atomic E-state index is -4.82. The van der Waals surface area contributed by atoms with E-state index in [1.54, 1.807) is 9.80 Å². The average molecular weight is 678 g/mol. The Balaban J connectivity index is 1.21. The summed E-state index contributed by atoms with van der Waals surface area (Å²) in [5.74, 6) is -2.28. The van der Waals surface area contributed by atoms with Crippen molar-refractivity contribution >= 4 is 29.1 Å². The van der Waals surface area contributed by atoms with Gasteiger partial charge in [0.1, 0.15) is 5.75 Å². The van der Waals surface area contributed by atoms with E-state index in [2.05, 4.69) is 10.2 Å². The largest absolute Gasteiger partial charge is 0.506 e. The molecule has 4 N–H and O–H groups in total. The van der Waals surface area contributed by atoms with Gasteiger partial charge in [-0.25, -0.2) is 0 Å². The van der Waals surface area contributed by atoms with Gasteiger partial charge < -0.3 is 30.9 Å². The van der Waals surface area contributed by atoms with Crippen molar-refractivity contribution in [3.63, 3.8) is 0 Å². The minimum Gasteiger partial charge on any atom is -0.506 e. The summed E-state index contributed by atoms with van der Waals surface area (Å²) in [6.07, 6.45) is 2.64. The van der Waals surface area contributed by atoms with E-state index in [0.29, 0.717) is 32.2 Å². The topological polar surface area (TPSA) is 102 Å². The van der Waals surface area contributed by atoms with Crippen LogP contribution in [0.1, 0.15) is 68.1 Å². The molecule has 3 aliphatic heterocycles. The number of carbonyl (C=O) groups excluding carboxylic acids is 2. The van der Waals surface area contributed by atoms with Gasteiger partial charge in [0.15, 0.2) is 0 Å². The van der Waals surface area contributed by atoms with E-state index in [-0.39, 0.29) is 36.3 Å². The lowest BCUT2D eigenvalue weighted by Crippen LogP contribution is -2.50. The first-order chi connectivity index (χ1) is 22.5. The second kappa shape index (κ2) is 15.9. The third-order valence-corrected chi connectivity index (χ3v) is 10.4. The van der Waals surface area contributed by atoms with E-state index < -0.39 is 28.4 Å². The summed E-state index contributed by atoms with van der Waals surface area (Å²) >= 11 is 6.01. The number of phenolic OH excluding ortho intramolecular Hbond substituents is 1. The van der Waals surface area contributed by atoms with Crippen LogP contribution in [0.25, 0.3) is 0 Å². The number of nitrogen functional groups attached to an aromatic ring is 1. The number of carbonyl (C=O) groups is 2. The second-order valence-corrected chi connectivity index (χ2v) is 13.7. The highest BCUT2D eigenvalue weighted by Gasteiger charge is 2.37. The monoisotopic (exact) mass is 677 g/mol. The highest BCUT2D eigenvalue weighted by atomic mass is 35.5. The molecule has 3 aliphatic rings. The van der Waals surface area contributed by atoms with Gasteiger partial charge in [-0.05, 0) is 100 Å². The zero-order valence-electron chi connectivity index (χ0n) is 26.9. The maximum Gasteiger partial charge on any atom is 0.420 e. The summed E-state index contributed by atoms with van der Waals surface area (Å²) in [7, 11) is 0. The number of aromatic hydroxyl groups is 1. The van der Waals surface area contributed by atoms with Crippen LogP contribution in [-0.2, 0) is 28.6 Å². The maximum atomic E-state index is 14.0. The lowest BCUT2D eigenvalue weighted by atomic mass is 9.91. The van der Waals surface area contributed by atoms with E-state index in [9.17, 15) is 27.9 Å². The molecule has 258 valence electrons. The number of amides is 2. The van der Waals surface area contributed by atoms with E-state index >= 15 is 0 Å². The van der Waals surface area contributed by atoms with E-state index in [4.69, 9.17) is 17.3 Å². The van der Waals surface area contributed by atoms with Gasteiger partial charge in [-0.2, -0.15) is 13.2 Å². The number of benzene rings is 2. The number of piperidine rings is 3. The van der Waals surface area contributed by atoms with Crippen molar-refractivity contribution < 1.29 is 27.9 Å². The highest BCUT2D eigenvalue weighted by Crippen LogP contribution is 2.41. The van der Waals surface area contributed by atoms with Crippen molar-refractivity contribution in [1.82, 2.24) is 20.0 Å². The standard InChI is InChI=1S/C35H47ClF3N5O3/c36-30-22-24(21-29(33(30)46)35(37,38)39)20-26(34(47)44-18-11-28(12-19-44)42-14-4-1-5-15-42)23-32(45)43-16-9-27(10-17-43)41-13-8-25-6-2-3-7-31(25)40/h2-3,6-7,21-22,26-28,41,46H,1,4-5,8-20,23,40H2/t26-/m0/s1. The molecular weight excluding hydrogens is 631 g/mol. The predicted octanol–water partition coefficient (Wildman–Crippen LogP) is 5.50. The van der Waals surface area contributed by atoms with E-state index in [0.717, 1.165) is 69.1 Å². The molecule has 0 spiro atoms. The van der Waals surface area contributed by atoms with Gasteiger partial charge in [0, 0.05) is 50.4 Å². The van der Waals surface area contributed by atoms with Crippen molar-refractivity contribution in [2.75, 3.05) is 51.5 Å². The molecule has 0 saturated carbocycles. The number of para-hydroxylation sites is 1. The number of alkyl halides is 3. The molecule has 1 atom stereocenters. The number of nitrogens with two attached hydrogens (primary N) is 1. The van der Waals surface area contributed by atoms with Crippen LogP contribution in [0.4, 0.5) is 18.9 Å². The SMILES string of the molecule is Nc1ccccc1CCNC1CCN(C(=O)C[C@H](Cc2cc(Cl)c(O)c(C(F)(F)F)c2)C(=O)N2CCC(N3CCCCC3)CC2)CC1. The quantitative estimate of drug-likeness (QED) is 0.288. The third-order valence-electron chi connectivity index (χ3n) is 10.1. The molecule has 12 heteroatoms. The first kappa shape index (κ1) is 35.3. The Bertz CT molecular complexity index is 1370. The van der Waals surface area contributed by atoms with Crippen molar-refractivity contribution in [1.29, 1.82) is 0 Å². The molecule has 2 amide bonds. The number of nitrogens with zero attached hydrogens (tertiary/aromatic N) is 3. The number of nitrogens with one attached hydrogen (secondary N) is 1. The summed E-state index contributed by atoms with van der Waals surface area (Å²) in [6.45, 7) is 5.11. The Labute approximate surface area is 280 Å². The summed E-state index contributed by atoms with van der Waals surface area (Å²) in [4.78, 5) is 33.6. The number of likely N-dealkylation sites (tertiary alicyclic amines) is 3. The summed E-state index contributed by atoms with van der Waals surface area (Å²) < 4.78 is 41.0. The van der Waals surface area contributed by atoms with Crippen LogP contribution in [0.2, 0.25) is 5.02 Å². The third kappa shape index (κ3) is 9.32. The number of hydrogen-bond acceptors (Lipinski definition) is 6. The van der Waals surface area contributed by atoms with Gasteiger partial charge in [-0.1, -0.05) is 36.2 Å². The Kier molecular flexibility index (Phi) is 12.0. The molecule has 0 bridgehead atoms. The fraction of sp³-hybridized carbons (Fsp3) is 0.600. The molecular formula is C35H47ClF3N5O3. The molecule has 0 aromatic heterocycles. The second-order valence-electron chi connectivity index (χ2n) is 13.3. The number of halogens is 4. The van der Waals surface area contributed by atoms with Crippen LogP contribution in [0.15, 0.2) is 36.4 Å². The van der Waals surface area contributed by atoms with Crippen LogP contribution >= 0.6 is 11.6 Å². The molecule has 0 radical (unpaired) electrons. The Morgan fingerprint density at radius 2 is 1.62 bits per heavy atom. The van der Waals surface area contributed by atoms with Crippen LogP contribution in [0.5, 0.6) is 5.75 Å². The summed E-state index contributed by atoms with van der Waals surface area (Å²) in [6, 6.07) is 10.6. The number of rotatable bonds is 10. The van der Waals surface area contributed by atoms with Crippen molar-refractivity contribution in [3.8, 4) is 5.75 Å². The van der Waals surface area contributed by atoms with Crippen LogP contribution in [0, 0.1) is 5.92 Å². The zero-order chi connectivity index (χ0) is 33.6. The number of phenols is 1. The van der Waals surface area contributed by atoms with Gasteiger partial charge in [0.25, 0.3) is 0 Å². The van der Waals surface area contributed by atoms with E-state index in [1.165, 1.54) is 25.3 Å². The smallest absolute Gasteiger partial charge is 0.420 e. The van der Waals surface area contributed by atoms with Gasteiger partial charge >= 0.3 is 6.18 Å². The first-order valence-electron chi connectivity index (χ1n) is 17.0. The highest BCUT2D eigenvalue weighted by molar-refractivity contribution is 6.32. The van der Waals surface area contributed by atoms with E-state index in [1.807, 2.05) is 24.3 Å². The minimum absolute atomic E-state index is 0.0830. The first-order valence-corrected chi connectivity index (χ1v) is 17.3. The molecule has 0 unspecified atom stereocenters. The Hall–Kier alpha value is -3.02. The van der Waals surface area contributed by atoms with Crippen LogP contribution in [-0.4, -0.2) is 89.5 Å². The van der Waals surface area contributed by atoms with Crippen molar-refractivity contribution in [2.24, 2.45) is 5.92 Å². The van der Waals surface area contributed by atoms with Gasteiger partial charge in [0.05, 0.1) is 16.5 Å². The molecule has 3 fully saturated rings. The maximum absolute atomic E-state index is 14.0. The number of hydrogen-bond donors (Lipinski definition) is 3. The molecule has 47 heavy (non-hydrogen) atoms. The normalized spacial score (nSPS) is 19.6. The van der Waals surface area contributed by atoms with Gasteiger partial charge in [0.2, 0.25) is 11.8 Å².